The number of carbonyl (C=O) groups excluding carboxylic acids is 1. The van der Waals surface area contributed by atoms with Gasteiger partial charge in [0.05, 0.1) is 32.4 Å². The third-order valence-corrected chi connectivity index (χ3v) is 5.23. The van der Waals surface area contributed by atoms with Gasteiger partial charge in [0.25, 0.3) is 0 Å². The number of rotatable bonds is 6. The molecule has 1 aromatic carbocycles. The molecule has 8 nitrogen and oxygen atoms in total. The van der Waals surface area contributed by atoms with Crippen molar-refractivity contribution in [2.75, 3.05) is 16.7 Å². The lowest BCUT2D eigenvalue weighted by Crippen LogP contribution is -2.38. The van der Waals surface area contributed by atoms with Crippen molar-refractivity contribution in [3.63, 3.8) is 0 Å². The maximum atomic E-state index is 12.8. The van der Waals surface area contributed by atoms with E-state index in [9.17, 15) is 18.0 Å². The lowest BCUT2D eigenvalue weighted by atomic mass is 10.0. The zero-order valence-corrected chi connectivity index (χ0v) is 18.1. The van der Waals surface area contributed by atoms with Crippen molar-refractivity contribution in [3.8, 4) is 5.69 Å². The Labute approximate surface area is 191 Å². The summed E-state index contributed by atoms with van der Waals surface area (Å²) in [7, 11) is 0. The molecule has 174 valence electrons. The molecule has 0 spiro atoms. The van der Waals surface area contributed by atoms with Crippen LogP contribution in [0, 0.1) is 5.92 Å². The number of anilines is 2. The van der Waals surface area contributed by atoms with Gasteiger partial charge in [0, 0.05) is 24.6 Å². The first-order chi connectivity index (χ1) is 16.4. The molecule has 0 aliphatic carbocycles. The van der Waals surface area contributed by atoms with Gasteiger partial charge < -0.3 is 15.2 Å². The number of halogens is 3. The van der Waals surface area contributed by atoms with E-state index in [1.807, 2.05) is 20.8 Å². The number of imidazole rings is 1. The SMILES string of the molecule is [2H]C1([2H])NC(=O)N(c2ccnc(N[C@@H](C)c3cn(-c4ccc(C(F)(F)F)cc4)cn3)n2)C1C(C)C. The fourth-order valence-corrected chi connectivity index (χ4v) is 3.44. The van der Waals surface area contributed by atoms with Gasteiger partial charge in [0.1, 0.15) is 5.82 Å². The number of amides is 2. The van der Waals surface area contributed by atoms with E-state index >= 15 is 0 Å². The first-order valence-corrected chi connectivity index (χ1v) is 10.3. The van der Waals surface area contributed by atoms with Crippen molar-refractivity contribution in [2.45, 2.75) is 39.0 Å². The molecule has 1 unspecified atom stereocenters. The monoisotopic (exact) mass is 461 g/mol. The van der Waals surface area contributed by atoms with Crippen molar-refractivity contribution in [1.82, 2.24) is 24.8 Å². The molecule has 2 aromatic heterocycles. The maximum Gasteiger partial charge on any atom is 0.416 e. The number of hydrogen-bond acceptors (Lipinski definition) is 5. The van der Waals surface area contributed by atoms with E-state index in [0.717, 1.165) is 12.1 Å². The largest absolute Gasteiger partial charge is 0.416 e. The second kappa shape index (κ2) is 8.72. The normalized spacial score (nSPS) is 19.8. The van der Waals surface area contributed by atoms with E-state index in [4.69, 9.17) is 2.74 Å². The Morgan fingerprint density at radius 2 is 1.91 bits per heavy atom. The third-order valence-electron chi connectivity index (χ3n) is 5.23. The molecule has 0 saturated carbocycles. The number of hydrogen-bond donors (Lipinski definition) is 2. The molecule has 3 aromatic rings. The van der Waals surface area contributed by atoms with Gasteiger partial charge in [-0.05, 0) is 43.2 Å². The van der Waals surface area contributed by atoms with E-state index in [-0.39, 0.29) is 23.7 Å². The molecular formula is C22H24F3N7O. The molecule has 2 atom stereocenters. The predicted molar refractivity (Wildman–Crippen MR) is 117 cm³/mol. The van der Waals surface area contributed by atoms with Crippen molar-refractivity contribution in [1.29, 1.82) is 0 Å². The summed E-state index contributed by atoms with van der Waals surface area (Å²) in [5.74, 6) is 0.285. The Morgan fingerprint density at radius 1 is 1.18 bits per heavy atom. The maximum absolute atomic E-state index is 12.8. The van der Waals surface area contributed by atoms with Crippen LogP contribution in [0.25, 0.3) is 5.69 Å². The van der Waals surface area contributed by atoms with Crippen LogP contribution in [0.5, 0.6) is 0 Å². The summed E-state index contributed by atoms with van der Waals surface area (Å²) < 4.78 is 56.3. The van der Waals surface area contributed by atoms with E-state index in [2.05, 4.69) is 25.6 Å². The Morgan fingerprint density at radius 3 is 2.58 bits per heavy atom. The van der Waals surface area contributed by atoms with Crippen molar-refractivity contribution in [2.24, 2.45) is 5.92 Å². The van der Waals surface area contributed by atoms with Gasteiger partial charge in [-0.3, -0.25) is 4.90 Å². The van der Waals surface area contributed by atoms with Gasteiger partial charge >= 0.3 is 12.2 Å². The first-order valence-electron chi connectivity index (χ1n) is 11.3. The highest BCUT2D eigenvalue weighted by atomic mass is 19.4. The molecular weight excluding hydrogens is 435 g/mol. The van der Waals surface area contributed by atoms with Crippen LogP contribution < -0.4 is 15.5 Å². The highest BCUT2D eigenvalue weighted by Gasteiger charge is 2.35. The molecule has 4 rings (SSSR count). The van der Waals surface area contributed by atoms with Gasteiger partial charge in [-0.25, -0.2) is 14.8 Å². The van der Waals surface area contributed by atoms with Crippen LogP contribution in [-0.2, 0) is 6.18 Å². The van der Waals surface area contributed by atoms with E-state index in [1.54, 1.807) is 10.8 Å². The van der Waals surface area contributed by atoms with Gasteiger partial charge in [0.2, 0.25) is 5.95 Å². The van der Waals surface area contributed by atoms with Crippen LogP contribution in [-0.4, -0.2) is 38.1 Å². The third kappa shape index (κ3) is 4.76. The van der Waals surface area contributed by atoms with Gasteiger partial charge in [-0.15, -0.1) is 0 Å². The summed E-state index contributed by atoms with van der Waals surface area (Å²) >= 11 is 0. The molecule has 1 aliphatic rings. The number of urea groups is 1. The van der Waals surface area contributed by atoms with E-state index < -0.39 is 30.3 Å². The average Bonchev–Trinajstić information content (AvgIpc) is 3.35. The molecule has 11 heteroatoms. The molecule has 1 aliphatic heterocycles. The smallest absolute Gasteiger partial charge is 0.346 e. The molecule has 0 radical (unpaired) electrons. The minimum absolute atomic E-state index is 0.177. The molecule has 2 amide bonds. The topological polar surface area (TPSA) is 88.0 Å². The Kier molecular flexibility index (Phi) is 5.29. The molecule has 0 bridgehead atoms. The van der Waals surface area contributed by atoms with Gasteiger partial charge in [-0.2, -0.15) is 18.2 Å². The summed E-state index contributed by atoms with van der Waals surface area (Å²) in [5.41, 5.74) is 0.388. The number of nitrogens with zero attached hydrogens (tertiary/aromatic N) is 5. The van der Waals surface area contributed by atoms with Crippen LogP contribution in [0.4, 0.5) is 29.7 Å². The summed E-state index contributed by atoms with van der Waals surface area (Å²) in [6, 6.07) is 4.57. The quantitative estimate of drug-likeness (QED) is 0.568. The lowest BCUT2D eigenvalue weighted by Gasteiger charge is -2.25. The number of carbonyl (C=O) groups is 1. The summed E-state index contributed by atoms with van der Waals surface area (Å²) in [6.07, 6.45) is 0.245. The summed E-state index contributed by atoms with van der Waals surface area (Å²) in [5, 5.41) is 5.45. The Hall–Kier alpha value is -3.63. The van der Waals surface area contributed by atoms with E-state index in [1.165, 1.54) is 35.6 Å². The molecule has 3 heterocycles. The highest BCUT2D eigenvalue weighted by Crippen LogP contribution is 2.30. The van der Waals surface area contributed by atoms with Gasteiger partial charge in [-0.1, -0.05) is 13.8 Å². The van der Waals surface area contributed by atoms with Crippen molar-refractivity contribution < 1.29 is 20.7 Å². The number of benzene rings is 1. The first kappa shape index (κ1) is 20.0. The van der Waals surface area contributed by atoms with Crippen LogP contribution >= 0.6 is 0 Å². The second-order valence-corrected chi connectivity index (χ2v) is 7.99. The van der Waals surface area contributed by atoms with Crippen molar-refractivity contribution >= 4 is 17.8 Å². The average molecular weight is 461 g/mol. The summed E-state index contributed by atoms with van der Waals surface area (Å²) in [4.78, 5) is 26.7. The van der Waals surface area contributed by atoms with E-state index in [0.29, 0.717) is 11.4 Å². The van der Waals surface area contributed by atoms with Crippen LogP contribution in [0.15, 0.2) is 49.1 Å². The van der Waals surface area contributed by atoms with Crippen LogP contribution in [0.3, 0.4) is 0 Å². The minimum atomic E-state index is -4.40. The minimum Gasteiger partial charge on any atom is -0.346 e. The summed E-state index contributed by atoms with van der Waals surface area (Å²) in [6.45, 7) is 3.55. The standard InChI is InChI=1S/C22H24F3N7O/c1-13(2)18-10-27-21(33)32(18)19-8-9-26-20(30-19)29-14(3)17-11-31(12-28-17)16-6-4-15(5-7-16)22(23,24)25/h4-9,11-14,18H,10H2,1-3H3,(H,27,33)(H,26,29,30)/t14-,18?/m0/s1/i10D2. The fraction of sp³-hybridized carbons (Fsp3) is 0.364. The number of aromatic nitrogens is 4. The molecule has 2 N–H and O–H groups in total. The molecule has 1 fully saturated rings. The highest BCUT2D eigenvalue weighted by molar-refractivity contribution is 5.94. The van der Waals surface area contributed by atoms with Gasteiger partial charge in [0.15, 0.2) is 0 Å². The molecule has 1 saturated heterocycles. The van der Waals surface area contributed by atoms with Crippen LogP contribution in [0.2, 0.25) is 0 Å². The van der Waals surface area contributed by atoms with Crippen molar-refractivity contribution in [3.05, 3.63) is 60.3 Å². The fourth-order valence-electron chi connectivity index (χ4n) is 3.44. The van der Waals surface area contributed by atoms with Crippen LogP contribution in [0.1, 0.15) is 40.8 Å². The molecule has 33 heavy (non-hydrogen) atoms. The zero-order chi connectivity index (χ0) is 25.5. The Balaban J connectivity index is 1.51. The Bertz CT molecular complexity index is 1210. The zero-order valence-electron chi connectivity index (χ0n) is 20.1. The number of nitrogens with one attached hydrogen (secondary N) is 2. The number of alkyl halides is 3. The predicted octanol–water partition coefficient (Wildman–Crippen LogP) is 4.41. The lowest BCUT2D eigenvalue weighted by molar-refractivity contribution is -0.137. The second-order valence-electron chi connectivity index (χ2n) is 7.99.